The number of benzene rings is 4. The first-order chi connectivity index (χ1) is 25.1. The smallest absolute Gasteiger partial charge is 0.744 e. The Bertz CT molecular complexity index is 1700. The first-order valence-electron chi connectivity index (χ1n) is 20.0. The molecule has 0 amide bonds. The molecule has 0 aliphatic heterocycles. The van der Waals surface area contributed by atoms with Crippen LogP contribution < -0.4 is 0 Å². The topological polar surface area (TPSA) is 114 Å². The Morgan fingerprint density at radius 3 is 0.981 bits per heavy atom. The molecule has 0 fully saturated rings. The molecule has 6 nitrogen and oxygen atoms in total. The van der Waals surface area contributed by atoms with Crippen LogP contribution in [0, 0.1) is 0 Å². The van der Waals surface area contributed by atoms with Gasteiger partial charge in [0.15, 0.2) is 0 Å². The molecule has 0 aliphatic carbocycles. The van der Waals surface area contributed by atoms with E-state index >= 15 is 0 Å². The second kappa shape index (κ2) is 26.1. The summed E-state index contributed by atoms with van der Waals surface area (Å²) in [6.45, 7) is 4.47. The van der Waals surface area contributed by atoms with Gasteiger partial charge in [-0.05, 0) is 58.4 Å². The molecule has 4 aromatic carbocycles. The predicted octanol–water partition coefficient (Wildman–Crippen LogP) is 12.4. The van der Waals surface area contributed by atoms with Gasteiger partial charge in [0.1, 0.15) is 20.2 Å². The van der Waals surface area contributed by atoms with Crippen molar-refractivity contribution in [2.45, 2.75) is 165 Å². The predicted molar refractivity (Wildman–Crippen MR) is 215 cm³/mol. The fourth-order valence-electron chi connectivity index (χ4n) is 7.17. The summed E-state index contributed by atoms with van der Waals surface area (Å²) in [5.41, 5.74) is 1.33. The number of hydrogen-bond acceptors (Lipinski definition) is 6. The van der Waals surface area contributed by atoms with Crippen molar-refractivity contribution in [2.24, 2.45) is 0 Å². The van der Waals surface area contributed by atoms with Crippen LogP contribution in [0.4, 0.5) is 0 Å². The van der Waals surface area contributed by atoms with Crippen LogP contribution in [0.3, 0.4) is 0 Å². The van der Waals surface area contributed by atoms with Crippen LogP contribution in [-0.4, -0.2) is 25.9 Å². The zero-order chi connectivity index (χ0) is 37.7. The fourth-order valence-corrected chi connectivity index (χ4v) is 9.06. The SMILES string of the molecule is CCCCCCCCCCCCc1ccc2ccccc2c1S(=O)(=O)[O-].CCCCCCCCCCCCc1ccc2ccccc2c1S(=O)(=O)[O-].[Cd+2]. The zero-order valence-electron chi connectivity index (χ0n) is 32.5. The van der Waals surface area contributed by atoms with E-state index in [0.29, 0.717) is 34.7 Å². The molecule has 0 atom stereocenters. The average molecular weight is 864 g/mol. The van der Waals surface area contributed by atoms with Crippen molar-refractivity contribution in [3.8, 4) is 0 Å². The maximum Gasteiger partial charge on any atom is 2.00 e. The van der Waals surface area contributed by atoms with Gasteiger partial charge in [-0.15, -0.1) is 0 Å². The third-order valence-electron chi connectivity index (χ3n) is 10.0. The summed E-state index contributed by atoms with van der Waals surface area (Å²) in [5.74, 6) is 0. The van der Waals surface area contributed by atoms with Crippen molar-refractivity contribution in [2.75, 3.05) is 0 Å². The Morgan fingerprint density at radius 2 is 0.679 bits per heavy atom. The zero-order valence-corrected chi connectivity index (χ0v) is 38.1. The summed E-state index contributed by atoms with van der Waals surface area (Å²) in [6, 6.07) is 21.8. The molecule has 0 radical (unpaired) electrons. The van der Waals surface area contributed by atoms with Crippen molar-refractivity contribution in [3.63, 3.8) is 0 Å². The molecule has 0 bridgehead atoms. The molecule has 53 heavy (non-hydrogen) atoms. The van der Waals surface area contributed by atoms with E-state index in [2.05, 4.69) is 13.8 Å². The Morgan fingerprint density at radius 1 is 0.396 bits per heavy atom. The van der Waals surface area contributed by atoms with E-state index in [-0.39, 0.29) is 37.1 Å². The number of unbranched alkanes of at least 4 members (excludes halogenated alkanes) is 18. The Balaban J connectivity index is 0.000000360. The molecule has 4 aromatic rings. The summed E-state index contributed by atoms with van der Waals surface area (Å²) in [6.07, 6.45) is 26.1. The van der Waals surface area contributed by atoms with E-state index in [1.807, 2.05) is 36.4 Å². The van der Waals surface area contributed by atoms with Crippen LogP contribution in [-0.2, 0) is 60.4 Å². The van der Waals surface area contributed by atoms with E-state index in [1.165, 1.54) is 103 Å². The van der Waals surface area contributed by atoms with Crippen LogP contribution >= 0.6 is 0 Å². The molecule has 288 valence electrons. The average Bonchev–Trinajstić information content (AvgIpc) is 3.12. The first-order valence-corrected chi connectivity index (χ1v) is 22.8. The molecule has 0 N–H and O–H groups in total. The largest absolute Gasteiger partial charge is 2.00 e. The third kappa shape index (κ3) is 17.2. The summed E-state index contributed by atoms with van der Waals surface area (Å²) in [4.78, 5) is -0.0435. The van der Waals surface area contributed by atoms with Gasteiger partial charge in [-0.25, -0.2) is 16.8 Å². The molecular weight excluding hydrogens is 801 g/mol. The van der Waals surface area contributed by atoms with Crippen molar-refractivity contribution in [1.29, 1.82) is 0 Å². The minimum Gasteiger partial charge on any atom is -0.744 e. The van der Waals surface area contributed by atoms with Gasteiger partial charge in [0.2, 0.25) is 0 Å². The van der Waals surface area contributed by atoms with E-state index in [9.17, 15) is 25.9 Å². The molecule has 4 rings (SSSR count). The molecule has 0 saturated carbocycles. The molecule has 0 unspecified atom stereocenters. The standard InChI is InChI=1S/2C22H32O3S.Cd/c2*1-2-3-4-5-6-7-8-9-10-11-15-20-18-17-19-14-12-13-16-21(19)22(20)26(23,24)25;/h2*12-14,16-18H,2-11,15H2,1H3,(H,23,24,25);/q;;+2/p-2. The minimum atomic E-state index is -4.47. The molecule has 0 aliphatic rings. The number of hydrogen-bond donors (Lipinski definition) is 0. The van der Waals surface area contributed by atoms with Crippen LogP contribution in [0.15, 0.2) is 82.6 Å². The van der Waals surface area contributed by atoms with Gasteiger partial charge in [0, 0.05) is 0 Å². The Labute approximate surface area is 341 Å². The van der Waals surface area contributed by atoms with Crippen LogP contribution in [0.2, 0.25) is 0 Å². The maximum absolute atomic E-state index is 11.8. The second-order valence-corrected chi connectivity index (χ2v) is 17.0. The molecule has 0 spiro atoms. The van der Waals surface area contributed by atoms with E-state index < -0.39 is 20.2 Å². The van der Waals surface area contributed by atoms with Gasteiger partial charge in [-0.2, -0.15) is 0 Å². The van der Waals surface area contributed by atoms with Crippen molar-refractivity contribution < 1.29 is 53.2 Å². The quantitative estimate of drug-likeness (QED) is 0.0394. The van der Waals surface area contributed by atoms with Crippen LogP contribution in [0.25, 0.3) is 21.5 Å². The van der Waals surface area contributed by atoms with E-state index in [1.54, 1.807) is 36.4 Å². The summed E-state index contributed by atoms with van der Waals surface area (Å²) in [5, 5.41) is 2.70. The molecule has 0 saturated heterocycles. The summed E-state index contributed by atoms with van der Waals surface area (Å²) < 4.78 is 70.8. The van der Waals surface area contributed by atoms with Gasteiger partial charge in [-0.3, -0.25) is 0 Å². The Hall–Kier alpha value is -1.86. The maximum atomic E-state index is 11.8. The fraction of sp³-hybridized carbons (Fsp3) is 0.545. The normalized spacial score (nSPS) is 11.7. The number of aryl methyl sites for hydroxylation is 2. The Kier molecular flexibility index (Phi) is 23.3. The summed E-state index contributed by atoms with van der Waals surface area (Å²) in [7, 11) is -8.95. The van der Waals surface area contributed by atoms with Gasteiger partial charge >= 0.3 is 27.3 Å². The van der Waals surface area contributed by atoms with Crippen molar-refractivity contribution >= 4 is 41.8 Å². The molecule has 9 heteroatoms. The van der Waals surface area contributed by atoms with Gasteiger partial charge in [0.25, 0.3) is 0 Å². The van der Waals surface area contributed by atoms with Crippen molar-refractivity contribution in [1.82, 2.24) is 0 Å². The molecular formula is C44H62CdO6S2. The van der Waals surface area contributed by atoms with Gasteiger partial charge < -0.3 is 9.11 Å². The second-order valence-electron chi connectivity index (χ2n) is 14.3. The van der Waals surface area contributed by atoms with E-state index in [4.69, 9.17) is 0 Å². The van der Waals surface area contributed by atoms with E-state index in [0.717, 1.165) is 36.5 Å². The van der Waals surface area contributed by atoms with Crippen LogP contribution in [0.1, 0.15) is 153 Å². The molecule has 0 heterocycles. The number of rotatable bonds is 24. The third-order valence-corrected chi connectivity index (χ3v) is 12.0. The monoisotopic (exact) mass is 864 g/mol. The first kappa shape index (κ1) is 47.3. The van der Waals surface area contributed by atoms with Crippen molar-refractivity contribution in [3.05, 3.63) is 83.9 Å². The summed E-state index contributed by atoms with van der Waals surface area (Å²) >= 11 is 0. The van der Waals surface area contributed by atoms with Crippen LogP contribution in [0.5, 0.6) is 0 Å². The van der Waals surface area contributed by atoms with Gasteiger partial charge in [0.05, 0.1) is 9.79 Å². The minimum absolute atomic E-state index is 0. The van der Waals surface area contributed by atoms with Gasteiger partial charge in [-0.1, -0.05) is 202 Å². The molecule has 0 aromatic heterocycles. The number of fused-ring (bicyclic) bond motifs is 2.